The number of carboxylic acids is 1. The van der Waals surface area contributed by atoms with Gasteiger partial charge in [0.05, 0.1) is 5.92 Å². The molecule has 0 radical (unpaired) electrons. The van der Waals surface area contributed by atoms with Crippen molar-refractivity contribution in [3.63, 3.8) is 0 Å². The highest BCUT2D eigenvalue weighted by atomic mass is 79.9. The van der Waals surface area contributed by atoms with Gasteiger partial charge in [-0.2, -0.15) is 0 Å². The van der Waals surface area contributed by atoms with Crippen LogP contribution in [0.4, 0.5) is 0 Å². The number of rotatable bonds is 2. The van der Waals surface area contributed by atoms with Crippen molar-refractivity contribution < 1.29 is 9.90 Å². The minimum absolute atomic E-state index is 0.133. The molecule has 92 valence electrons. The third-order valence-corrected chi connectivity index (χ3v) is 4.15. The number of aryl methyl sites for hydroxylation is 1. The molecule has 1 aromatic rings. The number of hydrogen-bond acceptors (Lipinski definition) is 1. The predicted octanol–water partition coefficient (Wildman–Crippen LogP) is 3.84. The van der Waals surface area contributed by atoms with E-state index in [2.05, 4.69) is 41.9 Å². The molecule has 2 unspecified atom stereocenters. The fourth-order valence-electron chi connectivity index (χ4n) is 2.91. The van der Waals surface area contributed by atoms with Gasteiger partial charge in [0.15, 0.2) is 0 Å². The Bertz CT molecular complexity index is 440. The molecule has 1 aliphatic rings. The summed E-state index contributed by atoms with van der Waals surface area (Å²) < 4.78 is 1.04. The number of carboxylic acid groups (broad SMARTS) is 1. The highest BCUT2D eigenvalue weighted by Crippen LogP contribution is 2.42. The van der Waals surface area contributed by atoms with Gasteiger partial charge in [-0.25, -0.2) is 0 Å². The lowest BCUT2D eigenvalue weighted by molar-refractivity contribution is -0.143. The maximum atomic E-state index is 11.4. The van der Waals surface area contributed by atoms with E-state index in [4.69, 9.17) is 0 Å². The van der Waals surface area contributed by atoms with Gasteiger partial charge < -0.3 is 5.11 Å². The molecule has 1 N–H and O–H groups in total. The molecule has 0 spiro atoms. The first-order chi connectivity index (χ1) is 8.00. The molecule has 0 heterocycles. The molecule has 17 heavy (non-hydrogen) atoms. The van der Waals surface area contributed by atoms with E-state index >= 15 is 0 Å². The minimum Gasteiger partial charge on any atom is -0.481 e. The zero-order valence-electron chi connectivity index (χ0n) is 10.1. The second-order valence-corrected chi connectivity index (χ2v) is 6.01. The van der Waals surface area contributed by atoms with Gasteiger partial charge in [0.2, 0.25) is 0 Å². The van der Waals surface area contributed by atoms with Gasteiger partial charge in [0.25, 0.3) is 0 Å². The van der Waals surface area contributed by atoms with Gasteiger partial charge in [-0.15, -0.1) is 0 Å². The summed E-state index contributed by atoms with van der Waals surface area (Å²) in [5, 5.41) is 9.34. The molecular weight excluding hydrogens is 280 g/mol. The van der Waals surface area contributed by atoms with Crippen LogP contribution in [-0.2, 0) is 11.2 Å². The SMILES string of the molecule is CC(C)C1c2cc(Br)ccc2CCC1C(=O)O. The topological polar surface area (TPSA) is 37.3 Å². The average molecular weight is 297 g/mol. The lowest BCUT2D eigenvalue weighted by Gasteiger charge is -2.34. The van der Waals surface area contributed by atoms with Gasteiger partial charge in [0.1, 0.15) is 0 Å². The highest BCUT2D eigenvalue weighted by Gasteiger charge is 2.36. The Labute approximate surface area is 110 Å². The smallest absolute Gasteiger partial charge is 0.307 e. The molecule has 0 fully saturated rings. The van der Waals surface area contributed by atoms with Crippen LogP contribution in [0.15, 0.2) is 22.7 Å². The second kappa shape index (κ2) is 4.81. The Balaban J connectivity index is 2.48. The first kappa shape index (κ1) is 12.6. The quantitative estimate of drug-likeness (QED) is 0.900. The molecule has 1 aliphatic carbocycles. The van der Waals surface area contributed by atoms with E-state index in [1.807, 2.05) is 6.07 Å². The van der Waals surface area contributed by atoms with Crippen LogP contribution in [0.5, 0.6) is 0 Å². The molecule has 0 saturated carbocycles. The van der Waals surface area contributed by atoms with E-state index < -0.39 is 5.97 Å². The van der Waals surface area contributed by atoms with E-state index in [0.717, 1.165) is 17.3 Å². The number of carbonyl (C=O) groups is 1. The van der Waals surface area contributed by atoms with E-state index in [1.54, 1.807) is 0 Å². The van der Waals surface area contributed by atoms with E-state index in [-0.39, 0.29) is 11.8 Å². The van der Waals surface area contributed by atoms with Gasteiger partial charge in [-0.3, -0.25) is 4.79 Å². The van der Waals surface area contributed by atoms with Crippen molar-refractivity contribution in [3.05, 3.63) is 33.8 Å². The fourth-order valence-corrected chi connectivity index (χ4v) is 3.29. The van der Waals surface area contributed by atoms with Crippen LogP contribution < -0.4 is 0 Å². The summed E-state index contributed by atoms with van der Waals surface area (Å²) in [4.78, 5) is 11.4. The average Bonchev–Trinajstić information content (AvgIpc) is 2.26. The lowest BCUT2D eigenvalue weighted by atomic mass is 9.70. The molecule has 2 atom stereocenters. The molecule has 0 amide bonds. The maximum absolute atomic E-state index is 11.4. The van der Waals surface area contributed by atoms with E-state index in [0.29, 0.717) is 5.92 Å². The third-order valence-electron chi connectivity index (χ3n) is 3.66. The normalized spacial score (nSPS) is 23.5. The van der Waals surface area contributed by atoms with Crippen molar-refractivity contribution >= 4 is 21.9 Å². The standard InChI is InChI=1S/C14H17BrO2/c1-8(2)13-11(14(16)17)6-4-9-3-5-10(15)7-12(9)13/h3,5,7-8,11,13H,4,6H2,1-2H3,(H,16,17). The number of hydrogen-bond donors (Lipinski definition) is 1. The van der Waals surface area contributed by atoms with Crippen LogP contribution in [0.1, 0.15) is 37.3 Å². The van der Waals surface area contributed by atoms with Crippen LogP contribution in [0.25, 0.3) is 0 Å². The Morgan fingerprint density at radius 1 is 1.47 bits per heavy atom. The summed E-state index contributed by atoms with van der Waals surface area (Å²) in [7, 11) is 0. The zero-order valence-corrected chi connectivity index (χ0v) is 11.7. The zero-order chi connectivity index (χ0) is 12.6. The Morgan fingerprint density at radius 2 is 2.18 bits per heavy atom. The van der Waals surface area contributed by atoms with Crippen LogP contribution in [-0.4, -0.2) is 11.1 Å². The Hall–Kier alpha value is -0.830. The molecule has 2 nitrogen and oxygen atoms in total. The Morgan fingerprint density at radius 3 is 2.76 bits per heavy atom. The molecule has 2 rings (SSSR count). The van der Waals surface area contributed by atoms with Gasteiger partial charge in [-0.1, -0.05) is 35.8 Å². The molecule has 0 bridgehead atoms. The summed E-state index contributed by atoms with van der Waals surface area (Å²) >= 11 is 3.48. The van der Waals surface area contributed by atoms with Crippen molar-refractivity contribution in [3.8, 4) is 0 Å². The lowest BCUT2D eigenvalue weighted by Crippen LogP contribution is -2.30. The first-order valence-electron chi connectivity index (χ1n) is 6.02. The number of benzene rings is 1. The van der Waals surface area contributed by atoms with Crippen molar-refractivity contribution in [2.45, 2.75) is 32.6 Å². The van der Waals surface area contributed by atoms with Crippen LogP contribution in [0, 0.1) is 11.8 Å². The van der Waals surface area contributed by atoms with Crippen molar-refractivity contribution in [1.82, 2.24) is 0 Å². The molecular formula is C14H17BrO2. The van der Waals surface area contributed by atoms with Crippen molar-refractivity contribution in [2.24, 2.45) is 11.8 Å². The number of halogens is 1. The van der Waals surface area contributed by atoms with E-state index in [1.165, 1.54) is 11.1 Å². The molecule has 0 aliphatic heterocycles. The summed E-state index contributed by atoms with van der Waals surface area (Å²) in [6.45, 7) is 4.22. The van der Waals surface area contributed by atoms with Gasteiger partial charge in [0, 0.05) is 4.47 Å². The predicted molar refractivity (Wildman–Crippen MR) is 71.2 cm³/mol. The van der Waals surface area contributed by atoms with E-state index in [9.17, 15) is 9.90 Å². The first-order valence-corrected chi connectivity index (χ1v) is 6.81. The van der Waals surface area contributed by atoms with Crippen LogP contribution in [0.3, 0.4) is 0 Å². The summed E-state index contributed by atoms with van der Waals surface area (Å²) in [6, 6.07) is 6.25. The van der Waals surface area contributed by atoms with Crippen molar-refractivity contribution in [1.29, 1.82) is 0 Å². The van der Waals surface area contributed by atoms with Crippen molar-refractivity contribution in [2.75, 3.05) is 0 Å². The molecule has 1 aromatic carbocycles. The summed E-state index contributed by atoms with van der Waals surface area (Å²) in [6.07, 6.45) is 1.63. The third kappa shape index (κ3) is 2.39. The fraction of sp³-hybridized carbons (Fsp3) is 0.500. The van der Waals surface area contributed by atoms with Gasteiger partial charge in [-0.05, 0) is 47.9 Å². The molecule has 0 saturated heterocycles. The van der Waals surface area contributed by atoms with Gasteiger partial charge >= 0.3 is 5.97 Å². The number of aliphatic carboxylic acids is 1. The highest BCUT2D eigenvalue weighted by molar-refractivity contribution is 9.10. The maximum Gasteiger partial charge on any atom is 0.307 e. The molecule has 0 aromatic heterocycles. The minimum atomic E-state index is -0.658. The molecule has 3 heteroatoms. The van der Waals surface area contributed by atoms with Crippen LogP contribution >= 0.6 is 15.9 Å². The second-order valence-electron chi connectivity index (χ2n) is 5.10. The number of fused-ring (bicyclic) bond motifs is 1. The Kier molecular flexibility index (Phi) is 3.57. The monoisotopic (exact) mass is 296 g/mol. The largest absolute Gasteiger partial charge is 0.481 e. The van der Waals surface area contributed by atoms with Crippen LogP contribution in [0.2, 0.25) is 0 Å². The summed E-state index contributed by atoms with van der Waals surface area (Å²) in [5.74, 6) is -0.413. The summed E-state index contributed by atoms with van der Waals surface area (Å²) in [5.41, 5.74) is 2.53.